The number of nitrogens with two attached hydrogens (primary N) is 1. The summed E-state index contributed by atoms with van der Waals surface area (Å²) in [6.45, 7) is 9.15. The summed E-state index contributed by atoms with van der Waals surface area (Å²) >= 11 is 0. The minimum atomic E-state index is -3.74. The summed E-state index contributed by atoms with van der Waals surface area (Å²) < 4.78 is 25.4. The summed E-state index contributed by atoms with van der Waals surface area (Å²) in [5.41, 5.74) is 6.79. The molecule has 2 aromatic carbocycles. The Labute approximate surface area is 220 Å². The van der Waals surface area contributed by atoms with Crippen LogP contribution in [0.15, 0.2) is 60.7 Å². The third-order valence-corrected chi connectivity index (χ3v) is 8.41. The van der Waals surface area contributed by atoms with Gasteiger partial charge in [0.05, 0.1) is 12.1 Å². The van der Waals surface area contributed by atoms with Crippen molar-refractivity contribution < 1.29 is 28.5 Å². The van der Waals surface area contributed by atoms with Crippen LogP contribution in [0.3, 0.4) is 0 Å². The van der Waals surface area contributed by atoms with E-state index >= 15 is 0 Å². The quantitative estimate of drug-likeness (QED) is 0.191. The number of ether oxygens (including phenoxy) is 1. The fraction of sp³-hybridized carbons (Fsp3) is 0.500. The molecule has 2 aromatic rings. The third kappa shape index (κ3) is 8.78. The molecule has 4 atom stereocenters. The molecule has 204 valence electrons. The molecule has 0 aliphatic heterocycles. The average molecular weight is 533 g/mol. The fourth-order valence-corrected chi connectivity index (χ4v) is 5.81. The van der Waals surface area contributed by atoms with Gasteiger partial charge in [0.15, 0.2) is 0 Å². The second-order valence-corrected chi connectivity index (χ2v) is 12.8. The van der Waals surface area contributed by atoms with Gasteiger partial charge in [-0.25, -0.2) is 4.79 Å². The molecule has 0 heterocycles. The lowest BCUT2D eigenvalue weighted by atomic mass is 9.95. The second-order valence-electron chi connectivity index (χ2n) is 10.1. The van der Waals surface area contributed by atoms with Gasteiger partial charge in [0.25, 0.3) is 5.79 Å². The van der Waals surface area contributed by atoms with Gasteiger partial charge in [0.2, 0.25) is 13.3 Å². The number of benzene rings is 2. The number of rotatable bonds is 14. The molecular weight excluding hydrogens is 491 g/mol. The maximum absolute atomic E-state index is 14.0. The zero-order chi connectivity index (χ0) is 27.6. The molecule has 0 saturated carbocycles. The molecule has 0 aliphatic carbocycles. The van der Waals surface area contributed by atoms with Gasteiger partial charge in [-0.15, -0.1) is 0 Å². The highest BCUT2D eigenvalue weighted by molar-refractivity contribution is 7.67. The molecule has 0 spiro atoms. The summed E-state index contributed by atoms with van der Waals surface area (Å²) in [6, 6.07) is 15.3. The van der Waals surface area contributed by atoms with E-state index in [1.807, 2.05) is 33.8 Å². The molecule has 0 aromatic heterocycles. The highest BCUT2D eigenvalue weighted by atomic mass is 31.2. The minimum Gasteiger partial charge on any atom is -0.457 e. The van der Waals surface area contributed by atoms with E-state index in [-0.39, 0.29) is 31.0 Å². The molecule has 9 heteroatoms. The largest absolute Gasteiger partial charge is 0.457 e. The number of esters is 1. The molecule has 0 fully saturated rings. The van der Waals surface area contributed by atoms with Gasteiger partial charge in [-0.05, 0) is 42.4 Å². The van der Waals surface area contributed by atoms with Crippen LogP contribution in [0.2, 0.25) is 0 Å². The van der Waals surface area contributed by atoms with E-state index in [1.54, 1.807) is 61.5 Å². The highest BCUT2D eigenvalue weighted by Crippen LogP contribution is 2.50. The van der Waals surface area contributed by atoms with Crippen molar-refractivity contribution >= 4 is 24.5 Å². The first-order valence-corrected chi connectivity index (χ1v) is 14.6. The standard InChI is InChI=1S/C28H41N2O6P/c1-6-37(34,23-15-11-8-12-16-23)36-28(33,27(32)35-19-22-13-9-7-10-14-22)25(18-21(4)5)30-26(31)24(29)17-20(2)3/h7-16,20-21,24-25,33H,6,17-19,29H2,1-5H3,(H,30,31)/t24-,25-,28+,37-/m0/s1. The molecule has 8 nitrogen and oxygen atoms in total. The van der Waals surface area contributed by atoms with E-state index in [1.165, 1.54) is 0 Å². The van der Waals surface area contributed by atoms with E-state index in [2.05, 4.69) is 5.32 Å². The average Bonchev–Trinajstić information content (AvgIpc) is 2.87. The zero-order valence-electron chi connectivity index (χ0n) is 22.4. The lowest BCUT2D eigenvalue weighted by molar-refractivity contribution is -0.211. The Kier molecular flexibility index (Phi) is 11.5. The van der Waals surface area contributed by atoms with E-state index in [9.17, 15) is 19.3 Å². The summed E-state index contributed by atoms with van der Waals surface area (Å²) in [5, 5.41) is 14.9. The van der Waals surface area contributed by atoms with Gasteiger partial charge < -0.3 is 20.9 Å². The number of nitrogens with one attached hydrogen (secondary N) is 1. The van der Waals surface area contributed by atoms with Crippen molar-refractivity contribution in [3.8, 4) is 0 Å². The van der Waals surface area contributed by atoms with Gasteiger partial charge >= 0.3 is 5.97 Å². The van der Waals surface area contributed by atoms with Gasteiger partial charge in [0, 0.05) is 11.5 Å². The lowest BCUT2D eigenvalue weighted by Gasteiger charge is -2.37. The molecule has 0 radical (unpaired) electrons. The number of hydrogen-bond acceptors (Lipinski definition) is 7. The number of hydrogen-bond donors (Lipinski definition) is 3. The van der Waals surface area contributed by atoms with E-state index in [4.69, 9.17) is 15.0 Å². The van der Waals surface area contributed by atoms with Crippen molar-refractivity contribution in [2.45, 2.75) is 71.9 Å². The first-order valence-electron chi connectivity index (χ1n) is 12.8. The number of carbonyl (C=O) groups is 2. The van der Waals surface area contributed by atoms with Gasteiger partial charge in [0.1, 0.15) is 6.61 Å². The molecule has 2 rings (SSSR count). The number of aliphatic hydroxyl groups is 1. The fourth-order valence-electron chi connectivity index (χ4n) is 3.93. The zero-order valence-corrected chi connectivity index (χ0v) is 23.3. The monoisotopic (exact) mass is 532 g/mol. The van der Waals surface area contributed by atoms with Crippen molar-refractivity contribution in [1.82, 2.24) is 5.32 Å². The Morgan fingerprint density at radius 2 is 1.51 bits per heavy atom. The van der Waals surface area contributed by atoms with E-state index in [0.717, 1.165) is 0 Å². The summed E-state index contributed by atoms with van der Waals surface area (Å²) in [7, 11) is -3.74. The molecule has 0 unspecified atom stereocenters. The van der Waals surface area contributed by atoms with E-state index < -0.39 is 37.1 Å². The molecule has 0 saturated heterocycles. The smallest absolute Gasteiger partial charge is 0.369 e. The topological polar surface area (TPSA) is 128 Å². The predicted octanol–water partition coefficient (Wildman–Crippen LogP) is 3.96. The molecular formula is C28H41N2O6P. The lowest BCUT2D eigenvalue weighted by Crippen LogP contribution is -2.61. The second kappa shape index (κ2) is 13.9. The Hall–Kier alpha value is -2.51. The first-order chi connectivity index (χ1) is 17.4. The number of carbonyl (C=O) groups excluding carboxylic acids is 2. The minimum absolute atomic E-state index is 0.0144. The first kappa shape index (κ1) is 30.7. The molecule has 4 N–H and O–H groups in total. The van der Waals surface area contributed by atoms with E-state index in [0.29, 0.717) is 17.3 Å². The maximum atomic E-state index is 14.0. The Balaban J connectivity index is 2.48. The normalized spacial score (nSPS) is 16.5. The molecule has 0 aliphatic rings. The van der Waals surface area contributed by atoms with Crippen LogP contribution >= 0.6 is 7.37 Å². The van der Waals surface area contributed by atoms with Crippen LogP contribution in [0.5, 0.6) is 0 Å². The SMILES string of the molecule is CC[P@](=O)(O[C@@](O)(C(=O)OCc1ccccc1)[C@H](CC(C)C)NC(=O)[C@@H](N)CC(C)C)c1ccccc1. The Bertz CT molecular complexity index is 1050. The van der Waals surface area contributed by atoms with Crippen molar-refractivity contribution in [3.63, 3.8) is 0 Å². The van der Waals surface area contributed by atoms with Crippen LogP contribution in [-0.4, -0.2) is 41.0 Å². The van der Waals surface area contributed by atoms with Crippen LogP contribution in [0.4, 0.5) is 0 Å². The predicted molar refractivity (Wildman–Crippen MR) is 145 cm³/mol. The van der Waals surface area contributed by atoms with Crippen LogP contribution in [-0.2, 0) is 30.0 Å². The summed E-state index contributed by atoms with van der Waals surface area (Å²) in [4.78, 5) is 26.5. The van der Waals surface area contributed by atoms with Crippen LogP contribution in [0.1, 0.15) is 53.0 Å². The Morgan fingerprint density at radius 3 is 2.03 bits per heavy atom. The molecule has 0 bridgehead atoms. The van der Waals surface area contributed by atoms with Crippen molar-refractivity contribution in [1.29, 1.82) is 0 Å². The van der Waals surface area contributed by atoms with Crippen LogP contribution in [0, 0.1) is 11.8 Å². The summed E-state index contributed by atoms with van der Waals surface area (Å²) in [5.74, 6) is -4.31. The van der Waals surface area contributed by atoms with Crippen molar-refractivity contribution in [2.75, 3.05) is 6.16 Å². The van der Waals surface area contributed by atoms with Crippen LogP contribution < -0.4 is 16.4 Å². The Morgan fingerprint density at radius 1 is 0.973 bits per heavy atom. The molecule has 1 amide bonds. The maximum Gasteiger partial charge on any atom is 0.369 e. The summed E-state index contributed by atoms with van der Waals surface area (Å²) in [6.07, 6.45) is 0.575. The van der Waals surface area contributed by atoms with Gasteiger partial charge in [-0.1, -0.05) is 83.1 Å². The van der Waals surface area contributed by atoms with Gasteiger partial charge in [-0.3, -0.25) is 13.9 Å². The van der Waals surface area contributed by atoms with Gasteiger partial charge in [-0.2, -0.15) is 0 Å². The number of amides is 1. The van der Waals surface area contributed by atoms with Crippen molar-refractivity contribution in [3.05, 3.63) is 66.2 Å². The van der Waals surface area contributed by atoms with Crippen LogP contribution in [0.25, 0.3) is 0 Å². The third-order valence-electron chi connectivity index (χ3n) is 5.92. The van der Waals surface area contributed by atoms with Crippen molar-refractivity contribution in [2.24, 2.45) is 17.6 Å². The molecule has 37 heavy (non-hydrogen) atoms. The highest BCUT2D eigenvalue weighted by Gasteiger charge is 2.52.